The topological polar surface area (TPSA) is 62.4 Å². The first-order valence-corrected chi connectivity index (χ1v) is 7.59. The van der Waals surface area contributed by atoms with Gasteiger partial charge in [-0.05, 0) is 37.1 Å². The lowest BCUT2D eigenvalue weighted by Gasteiger charge is -2.17. The molecule has 4 nitrogen and oxygen atoms in total. The van der Waals surface area contributed by atoms with E-state index in [1.165, 1.54) is 11.1 Å². The van der Waals surface area contributed by atoms with E-state index in [-0.39, 0.29) is 5.92 Å². The fourth-order valence-electron chi connectivity index (χ4n) is 2.40. The van der Waals surface area contributed by atoms with Crippen LogP contribution in [0.5, 0.6) is 0 Å². The molecule has 0 fully saturated rings. The fraction of sp³-hybridized carbons (Fsp3) is 0.471. The van der Waals surface area contributed by atoms with E-state index in [4.69, 9.17) is 5.73 Å². The molecule has 0 aromatic rings. The van der Waals surface area contributed by atoms with Gasteiger partial charge in [0, 0.05) is 26.1 Å². The zero-order valence-electron chi connectivity index (χ0n) is 13.4. The lowest BCUT2D eigenvalue weighted by Crippen LogP contribution is -2.17. The van der Waals surface area contributed by atoms with Crippen molar-refractivity contribution in [2.75, 3.05) is 27.2 Å². The second-order valence-corrected chi connectivity index (χ2v) is 4.89. The molecule has 0 heterocycles. The molecule has 4 N–H and O–H groups in total. The molecule has 0 saturated heterocycles. The number of allylic oxidation sites excluding steroid dienone is 5. The van der Waals surface area contributed by atoms with Gasteiger partial charge in [0.05, 0.1) is 5.71 Å². The van der Waals surface area contributed by atoms with Crippen LogP contribution in [-0.2, 0) is 0 Å². The van der Waals surface area contributed by atoms with Crippen molar-refractivity contribution in [2.45, 2.75) is 19.8 Å². The van der Waals surface area contributed by atoms with Gasteiger partial charge in [0.1, 0.15) is 0 Å². The van der Waals surface area contributed by atoms with Crippen LogP contribution in [0.4, 0.5) is 0 Å². The molecule has 0 spiro atoms. The minimum absolute atomic E-state index is 0.166. The molecule has 21 heavy (non-hydrogen) atoms. The Bertz CT molecular complexity index is 455. The SMILES string of the molecule is CCC1=C/CC=CC(C(/C=C\CN)=N/NC)/C=C\1CNC. The maximum Gasteiger partial charge on any atom is 0.0706 e. The molecular weight excluding hydrogens is 260 g/mol. The first-order valence-electron chi connectivity index (χ1n) is 7.59. The zero-order chi connectivity index (χ0) is 15.5. The van der Waals surface area contributed by atoms with Gasteiger partial charge in [0.15, 0.2) is 0 Å². The molecule has 4 heteroatoms. The van der Waals surface area contributed by atoms with Crippen LogP contribution in [0.15, 0.2) is 52.7 Å². The quantitative estimate of drug-likeness (QED) is 0.382. The van der Waals surface area contributed by atoms with Gasteiger partial charge in [-0.1, -0.05) is 37.3 Å². The Morgan fingerprint density at radius 3 is 2.86 bits per heavy atom. The third-order valence-corrected chi connectivity index (χ3v) is 3.39. The van der Waals surface area contributed by atoms with Crippen LogP contribution >= 0.6 is 0 Å². The second kappa shape index (κ2) is 10.1. The van der Waals surface area contributed by atoms with Gasteiger partial charge in [0.25, 0.3) is 0 Å². The Kier molecular flexibility index (Phi) is 8.40. The third kappa shape index (κ3) is 5.69. The minimum Gasteiger partial charge on any atom is -0.327 e. The maximum atomic E-state index is 5.56. The van der Waals surface area contributed by atoms with Crippen LogP contribution in [0.2, 0.25) is 0 Å². The van der Waals surface area contributed by atoms with Crippen molar-refractivity contribution in [1.29, 1.82) is 0 Å². The summed E-state index contributed by atoms with van der Waals surface area (Å²) in [7, 11) is 3.80. The Balaban J connectivity index is 3.15. The monoisotopic (exact) mass is 288 g/mol. The first kappa shape index (κ1) is 17.4. The van der Waals surface area contributed by atoms with Gasteiger partial charge in [-0.3, -0.25) is 0 Å². The first-order chi connectivity index (χ1) is 10.3. The maximum absolute atomic E-state index is 5.56. The van der Waals surface area contributed by atoms with Crippen molar-refractivity contribution in [1.82, 2.24) is 10.7 Å². The van der Waals surface area contributed by atoms with Gasteiger partial charge in [-0.2, -0.15) is 5.10 Å². The van der Waals surface area contributed by atoms with Crippen molar-refractivity contribution < 1.29 is 0 Å². The predicted molar refractivity (Wildman–Crippen MR) is 92.3 cm³/mol. The van der Waals surface area contributed by atoms with Crippen molar-refractivity contribution in [3.05, 3.63) is 47.6 Å². The Morgan fingerprint density at radius 1 is 1.43 bits per heavy atom. The number of hydrogen-bond acceptors (Lipinski definition) is 4. The molecule has 0 bridgehead atoms. The summed E-state index contributed by atoms with van der Waals surface area (Å²) in [5, 5.41) is 7.65. The second-order valence-electron chi connectivity index (χ2n) is 4.89. The summed E-state index contributed by atoms with van der Waals surface area (Å²) in [6.07, 6.45) is 14.9. The summed E-state index contributed by atoms with van der Waals surface area (Å²) in [5.41, 5.74) is 12.2. The molecule has 1 aliphatic rings. The van der Waals surface area contributed by atoms with E-state index in [1.807, 2.05) is 26.2 Å². The number of nitrogens with zero attached hydrogens (tertiary/aromatic N) is 1. The van der Waals surface area contributed by atoms with Crippen LogP contribution < -0.4 is 16.5 Å². The molecule has 1 atom stereocenters. The number of hydrazone groups is 1. The summed E-state index contributed by atoms with van der Waals surface area (Å²) in [6, 6.07) is 0. The standard InChI is InChI=1S/C17H28N4/c1-4-14-8-5-6-9-15(12-16(14)13-19-2)17(21-20-3)10-7-11-18/h6-10,12,15,19-20H,4-5,11,13,18H2,1-3H3/b9-6?,10-7-,14-8-,16-12-,21-17+. The smallest absolute Gasteiger partial charge is 0.0706 e. The van der Waals surface area contributed by atoms with Gasteiger partial charge < -0.3 is 16.5 Å². The highest BCUT2D eigenvalue weighted by Gasteiger charge is 2.13. The molecule has 0 aromatic carbocycles. The van der Waals surface area contributed by atoms with E-state index in [0.717, 1.165) is 25.1 Å². The van der Waals surface area contributed by atoms with Crippen LogP contribution in [0.25, 0.3) is 0 Å². The van der Waals surface area contributed by atoms with Crippen molar-refractivity contribution >= 4 is 5.71 Å². The van der Waals surface area contributed by atoms with Crippen molar-refractivity contribution in [2.24, 2.45) is 16.8 Å². The summed E-state index contributed by atoms with van der Waals surface area (Å²) >= 11 is 0. The summed E-state index contributed by atoms with van der Waals surface area (Å²) in [4.78, 5) is 0. The van der Waals surface area contributed by atoms with Gasteiger partial charge >= 0.3 is 0 Å². The number of nitrogens with one attached hydrogen (secondary N) is 2. The van der Waals surface area contributed by atoms with E-state index in [1.54, 1.807) is 0 Å². The van der Waals surface area contributed by atoms with Crippen LogP contribution in [0.1, 0.15) is 19.8 Å². The van der Waals surface area contributed by atoms with E-state index in [0.29, 0.717) is 6.54 Å². The van der Waals surface area contributed by atoms with Gasteiger partial charge in [-0.25, -0.2) is 0 Å². The largest absolute Gasteiger partial charge is 0.327 e. The van der Waals surface area contributed by atoms with E-state index >= 15 is 0 Å². The normalized spacial score (nSPS) is 25.0. The highest BCUT2D eigenvalue weighted by molar-refractivity contribution is 5.99. The molecule has 1 unspecified atom stereocenters. The van der Waals surface area contributed by atoms with Crippen molar-refractivity contribution in [3.8, 4) is 0 Å². The predicted octanol–water partition coefficient (Wildman–Crippen LogP) is 2.13. The highest BCUT2D eigenvalue weighted by Crippen LogP contribution is 2.21. The lowest BCUT2D eigenvalue weighted by atomic mass is 9.91. The highest BCUT2D eigenvalue weighted by atomic mass is 15.3. The number of nitrogens with two attached hydrogens (primary N) is 1. The Morgan fingerprint density at radius 2 is 2.24 bits per heavy atom. The van der Waals surface area contributed by atoms with E-state index in [2.05, 4.69) is 47.1 Å². The molecular formula is C17H28N4. The van der Waals surface area contributed by atoms with Gasteiger partial charge in [-0.15, -0.1) is 0 Å². The van der Waals surface area contributed by atoms with Crippen molar-refractivity contribution in [3.63, 3.8) is 0 Å². The average Bonchev–Trinajstić information content (AvgIpc) is 2.47. The van der Waals surface area contributed by atoms with Gasteiger partial charge in [0.2, 0.25) is 0 Å². The molecule has 0 radical (unpaired) electrons. The Labute approximate surface area is 128 Å². The van der Waals surface area contributed by atoms with Crippen LogP contribution in [0, 0.1) is 5.92 Å². The van der Waals surface area contributed by atoms with Crippen LogP contribution in [-0.4, -0.2) is 32.9 Å². The zero-order valence-corrected chi connectivity index (χ0v) is 13.4. The molecule has 0 saturated carbocycles. The minimum atomic E-state index is 0.166. The summed E-state index contributed by atoms with van der Waals surface area (Å²) in [6.45, 7) is 3.59. The number of hydrogen-bond donors (Lipinski definition) is 3. The Hall–Kier alpha value is -1.65. The molecule has 0 aliphatic heterocycles. The third-order valence-electron chi connectivity index (χ3n) is 3.39. The summed E-state index contributed by atoms with van der Waals surface area (Å²) in [5.74, 6) is 0.166. The summed E-state index contributed by atoms with van der Waals surface area (Å²) < 4.78 is 0. The lowest BCUT2D eigenvalue weighted by molar-refractivity contribution is 0.850. The molecule has 116 valence electrons. The van der Waals surface area contributed by atoms with E-state index in [9.17, 15) is 0 Å². The molecule has 0 amide bonds. The average molecular weight is 288 g/mol. The number of likely N-dealkylation sites (N-methyl/N-ethyl adjacent to an activating group) is 1. The number of rotatable bonds is 7. The molecule has 0 aromatic heterocycles. The van der Waals surface area contributed by atoms with Crippen LogP contribution in [0.3, 0.4) is 0 Å². The van der Waals surface area contributed by atoms with E-state index < -0.39 is 0 Å². The fourth-order valence-corrected chi connectivity index (χ4v) is 2.40. The molecule has 1 aliphatic carbocycles. The molecule has 1 rings (SSSR count).